The summed E-state index contributed by atoms with van der Waals surface area (Å²) in [6, 6.07) is -0.316. The lowest BCUT2D eigenvalue weighted by Crippen LogP contribution is -2.42. The Bertz CT molecular complexity index is 248. The smallest absolute Gasteiger partial charge is 0.324 e. The van der Waals surface area contributed by atoms with E-state index in [2.05, 4.69) is 5.32 Å². The molecule has 0 aliphatic carbocycles. The number of hydrogen-bond donors (Lipinski definition) is 1. The van der Waals surface area contributed by atoms with E-state index in [1.165, 1.54) is 4.90 Å². The zero-order valence-corrected chi connectivity index (χ0v) is 8.42. The van der Waals surface area contributed by atoms with E-state index in [-0.39, 0.29) is 11.9 Å². The number of carbonyl (C=O) groups excluding carboxylic acids is 2. The Hall–Kier alpha value is -1.10. The largest absolute Gasteiger partial charge is 0.326 e. The molecule has 1 aliphatic heterocycles. The average molecular weight is 185 g/mol. The Kier molecular flexibility index (Phi) is 2.30. The van der Waals surface area contributed by atoms with E-state index in [0.717, 1.165) is 0 Å². The van der Waals surface area contributed by atoms with Crippen molar-refractivity contribution < 1.29 is 9.59 Å². The SMILES string of the molecule is CN(C)CN1C(=O)NC(C)(C)C1=O. The van der Waals surface area contributed by atoms with Gasteiger partial charge in [-0.25, -0.2) is 9.69 Å². The van der Waals surface area contributed by atoms with E-state index < -0.39 is 5.54 Å². The summed E-state index contributed by atoms with van der Waals surface area (Å²) < 4.78 is 0. The van der Waals surface area contributed by atoms with Crippen LogP contribution in [0.4, 0.5) is 4.79 Å². The highest BCUT2D eigenvalue weighted by molar-refractivity contribution is 6.06. The molecule has 0 aromatic rings. The van der Waals surface area contributed by atoms with Gasteiger partial charge in [-0.05, 0) is 27.9 Å². The Balaban J connectivity index is 2.77. The second-order valence-electron chi connectivity index (χ2n) is 4.01. The van der Waals surface area contributed by atoms with Gasteiger partial charge >= 0.3 is 6.03 Å². The first-order valence-corrected chi connectivity index (χ1v) is 4.13. The van der Waals surface area contributed by atoms with E-state index in [9.17, 15) is 9.59 Å². The number of nitrogens with zero attached hydrogens (tertiary/aromatic N) is 2. The Morgan fingerprint density at radius 1 is 1.38 bits per heavy atom. The maximum absolute atomic E-state index is 11.6. The quantitative estimate of drug-likeness (QED) is 0.608. The molecule has 1 heterocycles. The van der Waals surface area contributed by atoms with Crippen LogP contribution in [0.25, 0.3) is 0 Å². The van der Waals surface area contributed by atoms with Crippen molar-refractivity contribution in [2.45, 2.75) is 19.4 Å². The molecule has 0 atom stereocenters. The van der Waals surface area contributed by atoms with Crippen LogP contribution >= 0.6 is 0 Å². The van der Waals surface area contributed by atoms with E-state index >= 15 is 0 Å². The summed E-state index contributed by atoms with van der Waals surface area (Å²) in [4.78, 5) is 25.9. The number of hydrogen-bond acceptors (Lipinski definition) is 3. The molecular formula is C8H15N3O2. The fourth-order valence-electron chi connectivity index (χ4n) is 1.23. The summed E-state index contributed by atoms with van der Waals surface area (Å²) in [5, 5.41) is 2.61. The minimum atomic E-state index is -0.757. The van der Waals surface area contributed by atoms with E-state index in [1.807, 2.05) is 14.1 Å². The zero-order chi connectivity index (χ0) is 10.2. The number of rotatable bonds is 2. The van der Waals surface area contributed by atoms with Gasteiger partial charge in [0.15, 0.2) is 0 Å². The molecule has 0 spiro atoms. The summed E-state index contributed by atoms with van der Waals surface area (Å²) >= 11 is 0. The van der Waals surface area contributed by atoms with Gasteiger partial charge in [-0.15, -0.1) is 0 Å². The van der Waals surface area contributed by atoms with Crippen LogP contribution in [-0.2, 0) is 4.79 Å². The molecule has 0 aromatic carbocycles. The monoisotopic (exact) mass is 185 g/mol. The maximum Gasteiger partial charge on any atom is 0.326 e. The zero-order valence-electron chi connectivity index (χ0n) is 8.42. The van der Waals surface area contributed by atoms with E-state index in [0.29, 0.717) is 6.67 Å². The molecular weight excluding hydrogens is 170 g/mol. The van der Waals surface area contributed by atoms with Crippen LogP contribution in [0, 0.1) is 0 Å². The predicted molar refractivity (Wildman–Crippen MR) is 48.0 cm³/mol. The van der Waals surface area contributed by atoms with Crippen LogP contribution < -0.4 is 5.32 Å². The Morgan fingerprint density at radius 2 is 1.92 bits per heavy atom. The van der Waals surface area contributed by atoms with Crippen molar-refractivity contribution in [3.8, 4) is 0 Å². The van der Waals surface area contributed by atoms with Crippen LogP contribution in [0.5, 0.6) is 0 Å². The number of amides is 3. The van der Waals surface area contributed by atoms with Gasteiger partial charge < -0.3 is 5.32 Å². The van der Waals surface area contributed by atoms with Crippen LogP contribution in [0.15, 0.2) is 0 Å². The second-order valence-corrected chi connectivity index (χ2v) is 4.01. The highest BCUT2D eigenvalue weighted by atomic mass is 16.2. The Morgan fingerprint density at radius 3 is 2.23 bits per heavy atom. The number of imide groups is 1. The third-order valence-electron chi connectivity index (χ3n) is 1.87. The summed E-state index contributed by atoms with van der Waals surface area (Å²) in [6.45, 7) is 3.72. The van der Waals surface area contributed by atoms with Crippen molar-refractivity contribution >= 4 is 11.9 Å². The molecule has 1 N–H and O–H groups in total. The normalized spacial score (nSPS) is 21.2. The summed E-state index contributed by atoms with van der Waals surface area (Å²) in [5.41, 5.74) is -0.757. The molecule has 1 fully saturated rings. The molecule has 0 saturated carbocycles. The van der Waals surface area contributed by atoms with Gasteiger partial charge in [-0.1, -0.05) is 0 Å². The molecule has 0 unspecified atom stereocenters. The second kappa shape index (κ2) is 2.99. The fourth-order valence-corrected chi connectivity index (χ4v) is 1.23. The molecule has 0 bridgehead atoms. The molecule has 3 amide bonds. The van der Waals surface area contributed by atoms with Gasteiger partial charge in [0.2, 0.25) is 0 Å². The lowest BCUT2D eigenvalue weighted by Gasteiger charge is -2.19. The van der Waals surface area contributed by atoms with Crippen LogP contribution in [-0.4, -0.2) is 48.0 Å². The van der Waals surface area contributed by atoms with Crippen molar-refractivity contribution in [2.75, 3.05) is 20.8 Å². The molecule has 74 valence electrons. The molecule has 5 nitrogen and oxygen atoms in total. The van der Waals surface area contributed by atoms with Gasteiger partial charge in [0.25, 0.3) is 5.91 Å². The molecule has 0 aromatic heterocycles. The van der Waals surface area contributed by atoms with Crippen LogP contribution in [0.2, 0.25) is 0 Å². The highest BCUT2D eigenvalue weighted by Crippen LogP contribution is 2.15. The number of carbonyl (C=O) groups is 2. The molecule has 13 heavy (non-hydrogen) atoms. The third kappa shape index (κ3) is 1.80. The van der Waals surface area contributed by atoms with Gasteiger partial charge in [0.1, 0.15) is 5.54 Å². The van der Waals surface area contributed by atoms with Gasteiger partial charge in [-0.3, -0.25) is 9.69 Å². The minimum Gasteiger partial charge on any atom is -0.324 e. The fraction of sp³-hybridized carbons (Fsp3) is 0.750. The predicted octanol–water partition coefficient (Wildman–Crippen LogP) is -0.164. The topological polar surface area (TPSA) is 52.6 Å². The first-order valence-electron chi connectivity index (χ1n) is 4.13. The summed E-state index contributed by atoms with van der Waals surface area (Å²) in [7, 11) is 3.62. The lowest BCUT2D eigenvalue weighted by molar-refractivity contribution is -0.131. The lowest BCUT2D eigenvalue weighted by atomic mass is 10.1. The minimum absolute atomic E-state index is 0.175. The summed E-state index contributed by atoms with van der Waals surface area (Å²) in [6.07, 6.45) is 0. The molecule has 0 radical (unpaired) electrons. The molecule has 5 heteroatoms. The van der Waals surface area contributed by atoms with Crippen molar-refractivity contribution in [2.24, 2.45) is 0 Å². The van der Waals surface area contributed by atoms with Gasteiger partial charge in [0.05, 0.1) is 6.67 Å². The van der Waals surface area contributed by atoms with Crippen molar-refractivity contribution in [3.05, 3.63) is 0 Å². The van der Waals surface area contributed by atoms with E-state index in [1.54, 1.807) is 18.7 Å². The number of urea groups is 1. The standard InChI is InChI=1S/C8H15N3O2/c1-8(2)6(12)11(5-10(3)4)7(13)9-8/h5H2,1-4H3,(H,9,13). The van der Waals surface area contributed by atoms with Gasteiger partial charge in [0, 0.05) is 0 Å². The first kappa shape index (κ1) is 9.98. The molecule has 1 aliphatic rings. The van der Waals surface area contributed by atoms with Crippen LogP contribution in [0.3, 0.4) is 0 Å². The first-order chi connectivity index (χ1) is 5.84. The maximum atomic E-state index is 11.6. The average Bonchev–Trinajstić information content (AvgIpc) is 2.12. The molecule has 1 saturated heterocycles. The summed E-state index contributed by atoms with van der Waals surface area (Å²) in [5.74, 6) is -0.175. The third-order valence-corrected chi connectivity index (χ3v) is 1.87. The Labute approximate surface area is 77.7 Å². The van der Waals surface area contributed by atoms with Crippen molar-refractivity contribution in [1.29, 1.82) is 0 Å². The van der Waals surface area contributed by atoms with E-state index in [4.69, 9.17) is 0 Å². The van der Waals surface area contributed by atoms with Gasteiger partial charge in [-0.2, -0.15) is 0 Å². The van der Waals surface area contributed by atoms with Crippen molar-refractivity contribution in [1.82, 2.24) is 15.1 Å². The van der Waals surface area contributed by atoms with Crippen molar-refractivity contribution in [3.63, 3.8) is 0 Å². The molecule has 1 rings (SSSR count). The number of nitrogens with one attached hydrogen (secondary N) is 1. The van der Waals surface area contributed by atoms with Crippen LogP contribution in [0.1, 0.15) is 13.8 Å². The highest BCUT2D eigenvalue weighted by Gasteiger charge is 2.44.